The van der Waals surface area contributed by atoms with Gasteiger partial charge in [0, 0.05) is 16.2 Å². The lowest BCUT2D eigenvalue weighted by molar-refractivity contribution is -0.139. The van der Waals surface area contributed by atoms with Crippen LogP contribution in [-0.4, -0.2) is 30.5 Å². The molecule has 0 heterocycles. The molecular weight excluding hydrogens is 456 g/mol. The third-order valence-electron chi connectivity index (χ3n) is 5.42. The monoisotopic (exact) mass is 482 g/mol. The molecular formula is C30H26O4S. The quantitative estimate of drug-likeness (QED) is 0.246. The summed E-state index contributed by atoms with van der Waals surface area (Å²) in [6, 6.07) is 34.4. The number of carboxylic acid groups (broad SMARTS) is 1. The highest BCUT2D eigenvalue weighted by Crippen LogP contribution is 2.33. The number of thioether (sulfide) groups is 1. The molecule has 4 nitrogen and oxygen atoms in total. The van der Waals surface area contributed by atoms with E-state index in [4.69, 9.17) is 14.6 Å². The topological polar surface area (TPSA) is 55.8 Å². The maximum Gasteiger partial charge on any atom is 0.341 e. The molecule has 0 unspecified atom stereocenters. The minimum atomic E-state index is -0.991. The summed E-state index contributed by atoms with van der Waals surface area (Å²) in [5.74, 6) is 1.13. The molecule has 0 amide bonds. The summed E-state index contributed by atoms with van der Waals surface area (Å²) in [7, 11) is 1.69. The van der Waals surface area contributed by atoms with Gasteiger partial charge in [-0.2, -0.15) is 0 Å². The molecule has 4 aromatic rings. The van der Waals surface area contributed by atoms with Crippen LogP contribution in [-0.2, 0) is 4.79 Å². The maximum absolute atomic E-state index is 10.7. The van der Waals surface area contributed by atoms with Crippen LogP contribution in [0.25, 0.3) is 16.7 Å². The molecule has 35 heavy (non-hydrogen) atoms. The van der Waals surface area contributed by atoms with Crippen molar-refractivity contribution in [3.63, 3.8) is 0 Å². The fourth-order valence-electron chi connectivity index (χ4n) is 3.72. The maximum atomic E-state index is 10.7. The standard InChI is InChI=1S/C30H26O4S/c1-33-29-10-6-5-9-28(29)27(24-13-11-23(12-14-24)22-7-3-2-4-8-22)19-20-35-26-17-15-25(16-18-26)34-21-30(31)32/h2-19H,20-21H2,1H3,(H,31,32)/b27-19+. The van der Waals surface area contributed by atoms with Crippen LogP contribution in [0.5, 0.6) is 11.5 Å². The number of aliphatic carboxylic acids is 1. The second kappa shape index (κ2) is 12.0. The molecule has 0 saturated heterocycles. The predicted octanol–water partition coefficient (Wildman–Crippen LogP) is 7.05. The Balaban J connectivity index is 1.56. The molecule has 0 bridgehead atoms. The lowest BCUT2D eigenvalue weighted by Crippen LogP contribution is -2.09. The van der Waals surface area contributed by atoms with Crippen molar-refractivity contribution >= 4 is 23.3 Å². The number of hydrogen-bond donors (Lipinski definition) is 1. The first kappa shape index (κ1) is 24.2. The molecule has 0 spiro atoms. The van der Waals surface area contributed by atoms with Crippen molar-refractivity contribution in [2.75, 3.05) is 19.5 Å². The summed E-state index contributed by atoms with van der Waals surface area (Å²) in [5, 5.41) is 8.75. The van der Waals surface area contributed by atoms with E-state index in [1.165, 1.54) is 11.1 Å². The van der Waals surface area contributed by atoms with Crippen LogP contribution in [0.3, 0.4) is 0 Å². The number of benzene rings is 4. The number of carbonyl (C=O) groups is 1. The smallest absolute Gasteiger partial charge is 0.341 e. The van der Waals surface area contributed by atoms with Crippen LogP contribution in [0.4, 0.5) is 0 Å². The van der Waals surface area contributed by atoms with Crippen LogP contribution >= 0.6 is 11.8 Å². The summed E-state index contributed by atoms with van der Waals surface area (Å²) in [4.78, 5) is 11.7. The number of hydrogen-bond acceptors (Lipinski definition) is 4. The number of para-hydroxylation sites is 1. The van der Waals surface area contributed by atoms with E-state index in [0.29, 0.717) is 5.75 Å². The first-order valence-electron chi connectivity index (χ1n) is 11.2. The Kier molecular flexibility index (Phi) is 8.25. The van der Waals surface area contributed by atoms with Gasteiger partial charge in [0.1, 0.15) is 11.5 Å². The van der Waals surface area contributed by atoms with Gasteiger partial charge in [0.25, 0.3) is 0 Å². The average Bonchev–Trinajstić information content (AvgIpc) is 2.91. The Labute approximate surface area is 209 Å². The van der Waals surface area contributed by atoms with Gasteiger partial charge in [-0.25, -0.2) is 4.79 Å². The first-order chi connectivity index (χ1) is 17.1. The molecule has 0 aliphatic carbocycles. The Bertz CT molecular complexity index is 1280. The highest BCUT2D eigenvalue weighted by molar-refractivity contribution is 7.99. The van der Waals surface area contributed by atoms with Crippen LogP contribution in [0, 0.1) is 0 Å². The van der Waals surface area contributed by atoms with Gasteiger partial charge in [0.05, 0.1) is 7.11 Å². The SMILES string of the molecule is COc1ccccc1/C(=C/CSc1ccc(OCC(=O)O)cc1)c1ccc(-c2ccccc2)cc1. The molecule has 1 N–H and O–H groups in total. The molecule has 4 rings (SSSR count). The summed E-state index contributed by atoms with van der Waals surface area (Å²) < 4.78 is 10.9. The van der Waals surface area contributed by atoms with Gasteiger partial charge < -0.3 is 14.6 Å². The predicted molar refractivity (Wildman–Crippen MR) is 142 cm³/mol. The zero-order chi connectivity index (χ0) is 24.5. The Morgan fingerprint density at radius 1 is 0.829 bits per heavy atom. The molecule has 0 fully saturated rings. The van der Waals surface area contributed by atoms with Gasteiger partial charge in [0.2, 0.25) is 0 Å². The molecule has 0 radical (unpaired) electrons. The Morgan fingerprint density at radius 2 is 1.49 bits per heavy atom. The lowest BCUT2D eigenvalue weighted by Gasteiger charge is -2.14. The molecule has 0 aliphatic rings. The summed E-state index contributed by atoms with van der Waals surface area (Å²) in [5.41, 5.74) is 5.63. The van der Waals surface area contributed by atoms with Gasteiger partial charge in [-0.1, -0.05) is 78.9 Å². The van der Waals surface area contributed by atoms with Crippen molar-refractivity contribution in [3.8, 4) is 22.6 Å². The largest absolute Gasteiger partial charge is 0.496 e. The molecule has 5 heteroatoms. The Morgan fingerprint density at radius 3 is 2.17 bits per heavy atom. The number of methoxy groups -OCH3 is 1. The van der Waals surface area contributed by atoms with E-state index in [0.717, 1.165) is 33.1 Å². The van der Waals surface area contributed by atoms with Gasteiger partial charge in [0.15, 0.2) is 6.61 Å². The van der Waals surface area contributed by atoms with Crippen molar-refractivity contribution in [2.24, 2.45) is 0 Å². The molecule has 0 aromatic heterocycles. The second-order valence-corrected chi connectivity index (χ2v) is 8.82. The third-order valence-corrected chi connectivity index (χ3v) is 6.36. The zero-order valence-electron chi connectivity index (χ0n) is 19.4. The summed E-state index contributed by atoms with van der Waals surface area (Å²) in [6.07, 6.45) is 2.22. The average molecular weight is 483 g/mol. The van der Waals surface area contributed by atoms with Gasteiger partial charge in [-0.05, 0) is 52.6 Å². The van der Waals surface area contributed by atoms with Crippen LogP contribution in [0.2, 0.25) is 0 Å². The van der Waals surface area contributed by atoms with E-state index in [1.807, 2.05) is 48.5 Å². The van der Waals surface area contributed by atoms with Crippen molar-refractivity contribution in [1.29, 1.82) is 0 Å². The Hall–Kier alpha value is -3.96. The minimum Gasteiger partial charge on any atom is -0.496 e. The van der Waals surface area contributed by atoms with Crippen LogP contribution < -0.4 is 9.47 Å². The van der Waals surface area contributed by atoms with E-state index < -0.39 is 5.97 Å². The van der Waals surface area contributed by atoms with Crippen LogP contribution in [0.15, 0.2) is 114 Å². The lowest BCUT2D eigenvalue weighted by atomic mass is 9.95. The normalized spacial score (nSPS) is 11.2. The van der Waals surface area contributed by atoms with Gasteiger partial charge >= 0.3 is 5.97 Å². The molecule has 0 atom stereocenters. The van der Waals surface area contributed by atoms with E-state index in [2.05, 4.69) is 48.5 Å². The third kappa shape index (κ3) is 6.55. The van der Waals surface area contributed by atoms with E-state index in [1.54, 1.807) is 31.0 Å². The van der Waals surface area contributed by atoms with Crippen LogP contribution in [0.1, 0.15) is 11.1 Å². The highest BCUT2D eigenvalue weighted by atomic mass is 32.2. The number of ether oxygens (including phenoxy) is 2. The summed E-state index contributed by atoms with van der Waals surface area (Å²) >= 11 is 1.70. The van der Waals surface area contributed by atoms with Gasteiger partial charge in [-0.3, -0.25) is 0 Å². The molecule has 4 aromatic carbocycles. The molecule has 0 aliphatic heterocycles. The number of carboxylic acids is 1. The fraction of sp³-hybridized carbons (Fsp3) is 0.100. The fourth-order valence-corrected chi connectivity index (χ4v) is 4.49. The molecule has 176 valence electrons. The van der Waals surface area contributed by atoms with Gasteiger partial charge in [-0.15, -0.1) is 11.8 Å². The van der Waals surface area contributed by atoms with E-state index in [-0.39, 0.29) is 6.61 Å². The second-order valence-electron chi connectivity index (χ2n) is 7.73. The van der Waals surface area contributed by atoms with Crippen molar-refractivity contribution in [3.05, 3.63) is 120 Å². The molecule has 0 saturated carbocycles. The summed E-state index contributed by atoms with van der Waals surface area (Å²) in [6.45, 7) is -0.347. The number of rotatable bonds is 10. The highest BCUT2D eigenvalue weighted by Gasteiger charge is 2.11. The van der Waals surface area contributed by atoms with Crippen molar-refractivity contribution in [2.45, 2.75) is 4.90 Å². The van der Waals surface area contributed by atoms with E-state index >= 15 is 0 Å². The van der Waals surface area contributed by atoms with Crippen molar-refractivity contribution in [1.82, 2.24) is 0 Å². The van der Waals surface area contributed by atoms with E-state index in [9.17, 15) is 4.79 Å². The zero-order valence-corrected chi connectivity index (χ0v) is 20.2. The van der Waals surface area contributed by atoms with Crippen molar-refractivity contribution < 1.29 is 19.4 Å². The first-order valence-corrected chi connectivity index (χ1v) is 12.2. The minimum absolute atomic E-state index is 0.347.